The molecule has 36 heavy (non-hydrogen) atoms. The third kappa shape index (κ3) is 5.77. The summed E-state index contributed by atoms with van der Waals surface area (Å²) < 4.78 is 63.0. The number of hydrogen-bond donors (Lipinski definition) is 1. The lowest BCUT2D eigenvalue weighted by Crippen LogP contribution is -2.47. The minimum atomic E-state index is -4.71. The first-order valence-corrected chi connectivity index (χ1v) is 16.1. The van der Waals surface area contributed by atoms with Crippen LogP contribution in [0.4, 0.5) is 13.2 Å². The van der Waals surface area contributed by atoms with Crippen molar-refractivity contribution in [2.45, 2.75) is 83.8 Å². The van der Waals surface area contributed by atoms with Gasteiger partial charge in [0.2, 0.25) is 0 Å². The molecule has 0 unspecified atom stereocenters. The van der Waals surface area contributed by atoms with E-state index in [0.29, 0.717) is 19.8 Å². The molecular weight excluding hydrogens is 492 g/mol. The van der Waals surface area contributed by atoms with Crippen LogP contribution in [0.1, 0.15) is 45.2 Å². The molecular formula is C24H36BF3N2O5Si. The van der Waals surface area contributed by atoms with Crippen LogP contribution in [0.5, 0.6) is 0 Å². The van der Waals surface area contributed by atoms with Gasteiger partial charge >= 0.3 is 19.0 Å². The molecule has 2 aliphatic rings. The first kappa shape index (κ1) is 27.4. The molecule has 1 aliphatic heterocycles. The fourth-order valence-corrected chi connectivity index (χ4v) is 5.56. The standard InChI is InChI=1S/C24H36BF3N2O5Si/c1-22(2)13-34-25(35-14-22)16-9-18(24(26,27)28)20-19(10-16)29(15-33-7-8-36(4,5)6)21(31)30(20)17-11-23(3,32)12-17/h9-10,17,32H,7-8,11-15H2,1-6H3. The van der Waals surface area contributed by atoms with Gasteiger partial charge in [0, 0.05) is 39.4 Å². The molecule has 0 atom stereocenters. The number of benzene rings is 1. The van der Waals surface area contributed by atoms with Crippen LogP contribution in [0.3, 0.4) is 0 Å². The van der Waals surface area contributed by atoms with Gasteiger partial charge < -0.3 is 19.2 Å². The molecule has 1 N–H and O–H groups in total. The van der Waals surface area contributed by atoms with E-state index in [1.54, 1.807) is 13.0 Å². The van der Waals surface area contributed by atoms with Gasteiger partial charge in [-0.25, -0.2) is 4.79 Å². The second kappa shape index (κ2) is 9.30. The molecule has 4 rings (SSSR count). The summed E-state index contributed by atoms with van der Waals surface area (Å²) in [6, 6.07) is 2.90. The average Bonchev–Trinajstić information content (AvgIpc) is 2.98. The number of aromatic nitrogens is 2. The van der Waals surface area contributed by atoms with Gasteiger partial charge in [-0.05, 0) is 43.4 Å². The molecule has 2 fully saturated rings. The van der Waals surface area contributed by atoms with Crippen molar-refractivity contribution >= 4 is 31.7 Å². The number of ether oxygens (including phenoxy) is 1. The van der Waals surface area contributed by atoms with Crippen LogP contribution in [-0.4, -0.2) is 54.9 Å². The van der Waals surface area contributed by atoms with E-state index in [-0.39, 0.29) is 41.5 Å². The SMILES string of the molecule is CC1(C)COB(c2cc(C(F)(F)F)c3c(c2)n(COCC[Si](C)(C)C)c(=O)n3C2CC(C)(O)C2)OC1. The number of nitrogens with zero attached hydrogens (tertiary/aromatic N) is 2. The highest BCUT2D eigenvalue weighted by Gasteiger charge is 2.44. The van der Waals surface area contributed by atoms with Crippen molar-refractivity contribution < 1.29 is 32.3 Å². The highest BCUT2D eigenvalue weighted by Crippen LogP contribution is 2.43. The van der Waals surface area contributed by atoms with Crippen LogP contribution in [0.15, 0.2) is 16.9 Å². The summed E-state index contributed by atoms with van der Waals surface area (Å²) in [6.45, 7) is 13.1. The quantitative estimate of drug-likeness (QED) is 0.435. The average molecular weight is 528 g/mol. The lowest BCUT2D eigenvalue weighted by atomic mass is 9.74. The normalized spacial score (nSPS) is 24.8. The lowest BCUT2D eigenvalue weighted by molar-refractivity contribution is -0.136. The predicted octanol–water partition coefficient (Wildman–Crippen LogP) is 3.99. The second-order valence-corrected chi connectivity index (χ2v) is 18.2. The first-order chi connectivity index (χ1) is 16.5. The topological polar surface area (TPSA) is 74.9 Å². The van der Waals surface area contributed by atoms with Gasteiger partial charge in [-0.3, -0.25) is 9.13 Å². The molecule has 1 saturated heterocycles. The van der Waals surface area contributed by atoms with Crippen molar-refractivity contribution in [3.05, 3.63) is 28.2 Å². The van der Waals surface area contributed by atoms with Crippen molar-refractivity contribution in [3.63, 3.8) is 0 Å². The molecule has 7 nitrogen and oxygen atoms in total. The maximum Gasteiger partial charge on any atom is 0.493 e. The Bertz CT molecular complexity index is 1170. The summed E-state index contributed by atoms with van der Waals surface area (Å²) in [5, 5.41) is 10.3. The van der Waals surface area contributed by atoms with Crippen LogP contribution in [0, 0.1) is 5.41 Å². The minimum absolute atomic E-state index is 0.126. The van der Waals surface area contributed by atoms with Crippen molar-refractivity contribution in [2.24, 2.45) is 5.41 Å². The molecule has 1 aromatic heterocycles. The van der Waals surface area contributed by atoms with E-state index in [2.05, 4.69) is 19.6 Å². The Morgan fingerprint density at radius 3 is 2.31 bits per heavy atom. The number of hydrogen-bond acceptors (Lipinski definition) is 5. The zero-order chi connectivity index (χ0) is 26.7. The Hall–Kier alpha value is -1.60. The first-order valence-electron chi connectivity index (χ1n) is 12.4. The molecule has 1 aliphatic carbocycles. The number of fused-ring (bicyclic) bond motifs is 1. The van der Waals surface area contributed by atoms with Crippen molar-refractivity contribution in [1.82, 2.24) is 9.13 Å². The Morgan fingerprint density at radius 1 is 1.17 bits per heavy atom. The van der Waals surface area contributed by atoms with Crippen LogP contribution in [-0.2, 0) is 27.0 Å². The van der Waals surface area contributed by atoms with Crippen LogP contribution >= 0.6 is 0 Å². The second-order valence-electron chi connectivity index (χ2n) is 12.5. The zero-order valence-corrected chi connectivity index (χ0v) is 22.9. The summed E-state index contributed by atoms with van der Waals surface area (Å²) in [5.74, 6) is 0. The molecule has 2 heterocycles. The van der Waals surface area contributed by atoms with Gasteiger partial charge in [0.1, 0.15) is 6.73 Å². The van der Waals surface area contributed by atoms with Crippen LogP contribution in [0.25, 0.3) is 11.0 Å². The molecule has 200 valence electrons. The minimum Gasteiger partial charge on any atom is -0.407 e. The maximum atomic E-state index is 14.4. The van der Waals surface area contributed by atoms with E-state index >= 15 is 0 Å². The van der Waals surface area contributed by atoms with Gasteiger partial charge in [0.15, 0.2) is 0 Å². The summed E-state index contributed by atoms with van der Waals surface area (Å²) >= 11 is 0. The van der Waals surface area contributed by atoms with Gasteiger partial charge in [-0.2, -0.15) is 13.2 Å². The summed E-state index contributed by atoms with van der Waals surface area (Å²) in [7, 11) is -2.36. The molecule has 2 aromatic rings. The van der Waals surface area contributed by atoms with Crippen LogP contribution in [0.2, 0.25) is 25.7 Å². The molecule has 0 amide bonds. The number of rotatable bonds is 7. The van der Waals surface area contributed by atoms with Crippen molar-refractivity contribution in [1.29, 1.82) is 0 Å². The highest BCUT2D eigenvalue weighted by molar-refractivity contribution is 6.76. The predicted molar refractivity (Wildman–Crippen MR) is 135 cm³/mol. The van der Waals surface area contributed by atoms with Gasteiger partial charge in [0.05, 0.1) is 22.2 Å². The molecule has 1 aromatic carbocycles. The van der Waals surface area contributed by atoms with E-state index in [0.717, 1.165) is 12.1 Å². The van der Waals surface area contributed by atoms with E-state index < -0.39 is 44.3 Å². The van der Waals surface area contributed by atoms with Gasteiger partial charge in [0.25, 0.3) is 0 Å². The van der Waals surface area contributed by atoms with E-state index in [4.69, 9.17) is 14.0 Å². The lowest BCUT2D eigenvalue weighted by Gasteiger charge is -2.41. The Labute approximate surface area is 210 Å². The third-order valence-electron chi connectivity index (χ3n) is 6.84. The summed E-state index contributed by atoms with van der Waals surface area (Å²) in [6.07, 6.45) is -4.31. The number of alkyl halides is 3. The number of halogens is 3. The zero-order valence-electron chi connectivity index (χ0n) is 21.9. The molecule has 1 saturated carbocycles. The van der Waals surface area contributed by atoms with E-state index in [1.807, 2.05) is 13.8 Å². The van der Waals surface area contributed by atoms with Crippen LogP contribution < -0.4 is 11.2 Å². The molecule has 0 spiro atoms. The van der Waals surface area contributed by atoms with Crippen molar-refractivity contribution in [2.75, 3.05) is 19.8 Å². The highest BCUT2D eigenvalue weighted by atomic mass is 28.3. The van der Waals surface area contributed by atoms with Gasteiger partial charge in [-0.15, -0.1) is 0 Å². The summed E-state index contributed by atoms with van der Waals surface area (Å²) in [4.78, 5) is 13.5. The maximum absolute atomic E-state index is 14.4. The monoisotopic (exact) mass is 528 g/mol. The third-order valence-corrected chi connectivity index (χ3v) is 8.55. The number of imidazole rings is 1. The largest absolute Gasteiger partial charge is 0.493 e. The Balaban J connectivity index is 1.81. The smallest absolute Gasteiger partial charge is 0.407 e. The number of aliphatic hydroxyl groups is 1. The fourth-order valence-electron chi connectivity index (χ4n) is 4.80. The molecule has 0 bridgehead atoms. The van der Waals surface area contributed by atoms with Crippen molar-refractivity contribution in [3.8, 4) is 0 Å². The Kier molecular flexibility index (Phi) is 7.09. The summed E-state index contributed by atoms with van der Waals surface area (Å²) in [5.41, 5.74) is -2.61. The van der Waals surface area contributed by atoms with E-state index in [9.17, 15) is 23.1 Å². The van der Waals surface area contributed by atoms with Gasteiger partial charge in [-0.1, -0.05) is 33.5 Å². The molecule has 12 heteroatoms. The van der Waals surface area contributed by atoms with E-state index in [1.165, 1.54) is 9.13 Å². The Morgan fingerprint density at radius 2 is 1.78 bits per heavy atom. The molecule has 0 radical (unpaired) electrons. The fraction of sp³-hybridized carbons (Fsp3) is 0.708.